The zero-order valence-corrected chi connectivity index (χ0v) is 13.4. The van der Waals surface area contributed by atoms with Gasteiger partial charge >= 0.3 is 6.18 Å². The van der Waals surface area contributed by atoms with Crippen molar-refractivity contribution in [1.82, 2.24) is 4.72 Å². The van der Waals surface area contributed by atoms with Gasteiger partial charge in [-0.15, -0.1) is 0 Å². The van der Waals surface area contributed by atoms with Gasteiger partial charge in [0.25, 0.3) is 0 Å². The lowest BCUT2D eigenvalue weighted by Crippen LogP contribution is -2.23. The number of rotatable bonds is 5. The molecule has 0 aliphatic rings. The van der Waals surface area contributed by atoms with E-state index in [1.807, 2.05) is 0 Å². The largest absolute Gasteiger partial charge is 0.416 e. The third-order valence-corrected chi connectivity index (χ3v) is 4.70. The average molecular weight is 357 g/mol. The van der Waals surface area contributed by atoms with Crippen molar-refractivity contribution < 1.29 is 26.4 Å². The molecule has 2 aromatic rings. The van der Waals surface area contributed by atoms with Crippen LogP contribution in [0.1, 0.15) is 28.4 Å². The lowest BCUT2D eigenvalue weighted by Gasteiger charge is -2.09. The van der Waals surface area contributed by atoms with E-state index in [4.69, 9.17) is 0 Å². The van der Waals surface area contributed by atoms with E-state index in [1.54, 1.807) is 0 Å². The number of hydrogen-bond acceptors (Lipinski definition) is 3. The summed E-state index contributed by atoms with van der Waals surface area (Å²) in [4.78, 5) is 11.2. The topological polar surface area (TPSA) is 63.2 Å². The summed E-state index contributed by atoms with van der Waals surface area (Å²) in [6, 6.07) is 9.72. The molecule has 2 rings (SSSR count). The molecule has 8 heteroatoms. The molecule has 128 valence electrons. The zero-order valence-electron chi connectivity index (χ0n) is 12.6. The third kappa shape index (κ3) is 4.42. The first-order chi connectivity index (χ1) is 11.1. The fourth-order valence-electron chi connectivity index (χ4n) is 1.96. The second-order valence-corrected chi connectivity index (χ2v) is 6.87. The molecule has 0 unspecified atom stereocenters. The van der Waals surface area contributed by atoms with Crippen molar-refractivity contribution >= 4 is 15.8 Å². The number of ketones is 1. The van der Waals surface area contributed by atoms with Crippen LogP contribution >= 0.6 is 0 Å². The highest BCUT2D eigenvalue weighted by atomic mass is 32.2. The molecule has 0 bridgehead atoms. The van der Waals surface area contributed by atoms with Gasteiger partial charge in [-0.05, 0) is 36.8 Å². The van der Waals surface area contributed by atoms with E-state index in [-0.39, 0.29) is 22.8 Å². The predicted molar refractivity (Wildman–Crippen MR) is 81.9 cm³/mol. The minimum atomic E-state index is -4.44. The van der Waals surface area contributed by atoms with E-state index in [9.17, 15) is 26.4 Å². The summed E-state index contributed by atoms with van der Waals surface area (Å²) in [5.41, 5.74) is -0.162. The van der Waals surface area contributed by atoms with Gasteiger partial charge in [0, 0.05) is 12.1 Å². The maximum atomic E-state index is 12.5. The van der Waals surface area contributed by atoms with E-state index < -0.39 is 21.8 Å². The Kier molecular flexibility index (Phi) is 5.10. The Morgan fingerprint density at radius 3 is 2.25 bits per heavy atom. The fraction of sp³-hybridized carbons (Fsp3) is 0.188. The van der Waals surface area contributed by atoms with Gasteiger partial charge in [0.2, 0.25) is 10.0 Å². The quantitative estimate of drug-likeness (QED) is 0.835. The Bertz CT molecular complexity index is 844. The molecule has 1 N–H and O–H groups in total. The molecule has 0 heterocycles. The van der Waals surface area contributed by atoms with Crippen LogP contribution in [0.5, 0.6) is 0 Å². The number of sulfonamides is 1. The number of hydrogen-bond donors (Lipinski definition) is 1. The highest BCUT2D eigenvalue weighted by molar-refractivity contribution is 7.89. The highest BCUT2D eigenvalue weighted by Gasteiger charge is 2.29. The van der Waals surface area contributed by atoms with Crippen molar-refractivity contribution in [1.29, 1.82) is 0 Å². The van der Waals surface area contributed by atoms with Crippen molar-refractivity contribution in [3.63, 3.8) is 0 Å². The molecule has 0 fully saturated rings. The number of alkyl halides is 3. The number of halogens is 3. The van der Waals surface area contributed by atoms with Crippen LogP contribution in [0.4, 0.5) is 13.2 Å². The van der Waals surface area contributed by atoms with E-state index in [0.717, 1.165) is 12.1 Å². The van der Waals surface area contributed by atoms with Crippen LogP contribution in [0.25, 0.3) is 0 Å². The van der Waals surface area contributed by atoms with Crippen LogP contribution in [-0.4, -0.2) is 14.2 Å². The lowest BCUT2D eigenvalue weighted by molar-refractivity contribution is -0.137. The Labute approximate surface area is 137 Å². The van der Waals surface area contributed by atoms with Gasteiger partial charge in [-0.3, -0.25) is 4.79 Å². The molecule has 0 amide bonds. The number of benzene rings is 2. The summed E-state index contributed by atoms with van der Waals surface area (Å²) in [7, 11) is -3.88. The maximum Gasteiger partial charge on any atom is 0.416 e. The summed E-state index contributed by atoms with van der Waals surface area (Å²) in [6.07, 6.45) is -4.44. The number of carbonyl (C=O) groups excluding carboxylic acids is 1. The first-order valence-electron chi connectivity index (χ1n) is 6.86. The van der Waals surface area contributed by atoms with Gasteiger partial charge in [0.15, 0.2) is 5.78 Å². The van der Waals surface area contributed by atoms with Crippen molar-refractivity contribution in [3.05, 3.63) is 65.2 Å². The molecular formula is C16H14F3NO3S. The van der Waals surface area contributed by atoms with E-state index >= 15 is 0 Å². The smallest absolute Gasteiger partial charge is 0.295 e. The summed E-state index contributed by atoms with van der Waals surface area (Å²) < 4.78 is 64.1. The zero-order chi connectivity index (χ0) is 18.0. The van der Waals surface area contributed by atoms with Gasteiger partial charge in [-0.25, -0.2) is 13.1 Å². The Hall–Kier alpha value is -2.19. The molecule has 2 aromatic carbocycles. The Balaban J connectivity index is 2.13. The Morgan fingerprint density at radius 1 is 1.08 bits per heavy atom. The van der Waals surface area contributed by atoms with Crippen LogP contribution in [0.2, 0.25) is 0 Å². The standard InChI is InChI=1S/C16H14F3NO3S/c1-11(21)13-3-2-4-15(9-13)24(22,23)20-10-12-5-7-14(8-6-12)16(17,18)19/h2-9,20H,10H2,1H3. The minimum absolute atomic E-state index is 0.0814. The van der Waals surface area contributed by atoms with Gasteiger partial charge < -0.3 is 0 Å². The highest BCUT2D eigenvalue weighted by Crippen LogP contribution is 2.29. The van der Waals surface area contributed by atoms with Crippen LogP contribution in [-0.2, 0) is 22.7 Å². The second kappa shape index (κ2) is 6.74. The Morgan fingerprint density at radius 2 is 1.71 bits per heavy atom. The van der Waals surface area contributed by atoms with Gasteiger partial charge in [-0.2, -0.15) is 13.2 Å². The molecule has 0 saturated heterocycles. The van der Waals surface area contributed by atoms with Crippen LogP contribution in [0.15, 0.2) is 53.4 Å². The number of nitrogens with one attached hydrogen (secondary N) is 1. The average Bonchev–Trinajstić information content (AvgIpc) is 2.53. The second-order valence-electron chi connectivity index (χ2n) is 5.10. The monoisotopic (exact) mass is 357 g/mol. The first kappa shape index (κ1) is 18.2. The van der Waals surface area contributed by atoms with Crippen LogP contribution in [0, 0.1) is 0 Å². The molecule has 24 heavy (non-hydrogen) atoms. The summed E-state index contributed by atoms with van der Waals surface area (Å²) >= 11 is 0. The van der Waals surface area contributed by atoms with Crippen molar-refractivity contribution in [2.75, 3.05) is 0 Å². The molecule has 0 aliphatic heterocycles. The van der Waals surface area contributed by atoms with Crippen LogP contribution in [0.3, 0.4) is 0 Å². The minimum Gasteiger partial charge on any atom is -0.295 e. The first-order valence-corrected chi connectivity index (χ1v) is 8.35. The van der Waals surface area contributed by atoms with Gasteiger partial charge in [0.05, 0.1) is 10.5 Å². The van der Waals surface area contributed by atoms with Gasteiger partial charge in [-0.1, -0.05) is 24.3 Å². The molecule has 4 nitrogen and oxygen atoms in total. The predicted octanol–water partition coefficient (Wildman–Crippen LogP) is 3.39. The number of Topliss-reactive ketones (excluding diaryl/α,β-unsaturated/α-hetero) is 1. The van der Waals surface area contributed by atoms with E-state index in [0.29, 0.717) is 5.56 Å². The molecule has 0 atom stereocenters. The molecule has 0 aliphatic carbocycles. The SMILES string of the molecule is CC(=O)c1cccc(S(=O)(=O)NCc2ccc(C(F)(F)F)cc2)c1. The maximum absolute atomic E-state index is 12.5. The summed E-state index contributed by atoms with van der Waals surface area (Å²) in [5, 5.41) is 0. The number of carbonyl (C=O) groups is 1. The van der Waals surface area contributed by atoms with Crippen molar-refractivity contribution in [3.8, 4) is 0 Å². The third-order valence-electron chi connectivity index (χ3n) is 3.30. The summed E-state index contributed by atoms with van der Waals surface area (Å²) in [5.74, 6) is -0.269. The molecule has 0 saturated carbocycles. The molecule has 0 radical (unpaired) electrons. The van der Waals surface area contributed by atoms with Crippen LogP contribution < -0.4 is 4.72 Å². The summed E-state index contributed by atoms with van der Waals surface area (Å²) in [6.45, 7) is 1.16. The van der Waals surface area contributed by atoms with Crippen molar-refractivity contribution in [2.24, 2.45) is 0 Å². The molecule has 0 aromatic heterocycles. The van der Waals surface area contributed by atoms with Crippen molar-refractivity contribution in [2.45, 2.75) is 24.5 Å². The molecule has 0 spiro atoms. The fourth-order valence-corrected chi connectivity index (χ4v) is 3.02. The molecular weight excluding hydrogens is 343 g/mol. The van der Waals surface area contributed by atoms with Gasteiger partial charge in [0.1, 0.15) is 0 Å². The lowest BCUT2D eigenvalue weighted by atomic mass is 10.1. The van der Waals surface area contributed by atoms with E-state index in [1.165, 1.54) is 43.3 Å². The normalized spacial score (nSPS) is 12.2. The van der Waals surface area contributed by atoms with E-state index in [2.05, 4.69) is 4.72 Å².